The zero-order valence-corrected chi connectivity index (χ0v) is 14.4. The van der Waals surface area contributed by atoms with Crippen LogP contribution in [-0.4, -0.2) is 48.5 Å². The summed E-state index contributed by atoms with van der Waals surface area (Å²) >= 11 is 1.28. The monoisotopic (exact) mass is 352 g/mol. The van der Waals surface area contributed by atoms with Gasteiger partial charge in [-0.25, -0.2) is 4.79 Å². The fourth-order valence-electron chi connectivity index (χ4n) is 2.17. The standard InChI is InChI=1S/C16H20N2O5S/c1-3-23-16(21)12-9-24-13(15(20)18-12)8-14(19)17-10-4-6-11(22-2)7-5-10/h4-7,12-13H,3,8-9H2,1-2H3,(H,17,19)(H,18,20)/t12-,13+/m1/s1. The number of carbonyl (C=O) groups excluding carboxylic acids is 3. The van der Waals surface area contributed by atoms with Crippen LogP contribution in [0.25, 0.3) is 0 Å². The van der Waals surface area contributed by atoms with Gasteiger partial charge < -0.3 is 20.1 Å². The maximum absolute atomic E-state index is 12.1. The van der Waals surface area contributed by atoms with Crippen LogP contribution < -0.4 is 15.4 Å². The highest BCUT2D eigenvalue weighted by Gasteiger charge is 2.34. The molecule has 0 spiro atoms. The van der Waals surface area contributed by atoms with Crippen LogP contribution in [0, 0.1) is 0 Å². The van der Waals surface area contributed by atoms with E-state index >= 15 is 0 Å². The van der Waals surface area contributed by atoms with Crippen molar-refractivity contribution in [1.82, 2.24) is 5.32 Å². The molecule has 2 atom stereocenters. The van der Waals surface area contributed by atoms with Gasteiger partial charge in [-0.05, 0) is 31.2 Å². The minimum Gasteiger partial charge on any atom is -0.497 e. The molecule has 0 aromatic heterocycles. The van der Waals surface area contributed by atoms with Crippen molar-refractivity contribution in [3.63, 3.8) is 0 Å². The number of ether oxygens (including phenoxy) is 2. The highest BCUT2D eigenvalue weighted by atomic mass is 32.2. The highest BCUT2D eigenvalue weighted by Crippen LogP contribution is 2.22. The number of benzene rings is 1. The zero-order chi connectivity index (χ0) is 17.5. The molecule has 0 bridgehead atoms. The van der Waals surface area contributed by atoms with Gasteiger partial charge >= 0.3 is 5.97 Å². The van der Waals surface area contributed by atoms with Crippen molar-refractivity contribution in [3.05, 3.63) is 24.3 Å². The lowest BCUT2D eigenvalue weighted by Gasteiger charge is -2.27. The minimum absolute atomic E-state index is 0.0398. The summed E-state index contributed by atoms with van der Waals surface area (Å²) in [4.78, 5) is 35.7. The van der Waals surface area contributed by atoms with E-state index in [9.17, 15) is 14.4 Å². The van der Waals surface area contributed by atoms with Crippen molar-refractivity contribution in [2.75, 3.05) is 24.8 Å². The summed E-state index contributed by atoms with van der Waals surface area (Å²) in [5.41, 5.74) is 0.631. The van der Waals surface area contributed by atoms with Crippen molar-refractivity contribution in [2.24, 2.45) is 0 Å². The average Bonchev–Trinajstić information content (AvgIpc) is 2.57. The molecular formula is C16H20N2O5S. The fraction of sp³-hybridized carbons (Fsp3) is 0.438. The number of amides is 2. The molecule has 7 nitrogen and oxygen atoms in total. The van der Waals surface area contributed by atoms with E-state index < -0.39 is 17.3 Å². The maximum Gasteiger partial charge on any atom is 0.329 e. The van der Waals surface area contributed by atoms with Gasteiger partial charge in [0.25, 0.3) is 0 Å². The van der Waals surface area contributed by atoms with E-state index in [2.05, 4.69) is 10.6 Å². The second-order valence-electron chi connectivity index (χ2n) is 5.12. The van der Waals surface area contributed by atoms with Gasteiger partial charge in [0.05, 0.1) is 19.0 Å². The summed E-state index contributed by atoms with van der Waals surface area (Å²) < 4.78 is 9.94. The largest absolute Gasteiger partial charge is 0.497 e. The third-order valence-corrected chi connectivity index (χ3v) is 4.70. The number of esters is 1. The topological polar surface area (TPSA) is 93.7 Å². The Morgan fingerprint density at radius 1 is 1.33 bits per heavy atom. The van der Waals surface area contributed by atoms with Crippen LogP contribution in [0.3, 0.4) is 0 Å². The molecule has 2 rings (SSSR count). The molecule has 1 aliphatic rings. The average molecular weight is 352 g/mol. The first kappa shape index (κ1) is 18.1. The first-order valence-corrected chi connectivity index (χ1v) is 8.61. The number of carbonyl (C=O) groups is 3. The van der Waals surface area contributed by atoms with Crippen molar-refractivity contribution >= 4 is 35.2 Å². The van der Waals surface area contributed by atoms with E-state index in [-0.39, 0.29) is 24.8 Å². The highest BCUT2D eigenvalue weighted by molar-refractivity contribution is 8.00. The molecule has 1 heterocycles. The predicted octanol–water partition coefficient (Wildman–Crippen LogP) is 1.19. The van der Waals surface area contributed by atoms with E-state index in [1.54, 1.807) is 38.3 Å². The van der Waals surface area contributed by atoms with Crippen molar-refractivity contribution < 1.29 is 23.9 Å². The second kappa shape index (κ2) is 8.58. The van der Waals surface area contributed by atoms with Gasteiger partial charge in [0.2, 0.25) is 11.8 Å². The van der Waals surface area contributed by atoms with E-state index in [1.165, 1.54) is 11.8 Å². The molecular weight excluding hydrogens is 332 g/mol. The molecule has 1 saturated heterocycles. The normalized spacial score (nSPS) is 20.0. The summed E-state index contributed by atoms with van der Waals surface area (Å²) in [5, 5.41) is 4.82. The molecule has 0 radical (unpaired) electrons. The molecule has 1 aromatic carbocycles. The van der Waals surface area contributed by atoms with E-state index in [1.807, 2.05) is 0 Å². The molecule has 2 amide bonds. The number of hydrogen-bond acceptors (Lipinski definition) is 6. The molecule has 0 saturated carbocycles. The molecule has 130 valence electrons. The molecule has 8 heteroatoms. The second-order valence-corrected chi connectivity index (χ2v) is 6.35. The Morgan fingerprint density at radius 3 is 2.62 bits per heavy atom. The smallest absolute Gasteiger partial charge is 0.329 e. The predicted molar refractivity (Wildman–Crippen MR) is 91.1 cm³/mol. The van der Waals surface area contributed by atoms with Crippen LogP contribution in [0.2, 0.25) is 0 Å². The Bertz CT molecular complexity index is 605. The van der Waals surface area contributed by atoms with Crippen LogP contribution in [0.4, 0.5) is 5.69 Å². The number of hydrogen-bond donors (Lipinski definition) is 2. The molecule has 24 heavy (non-hydrogen) atoms. The van der Waals surface area contributed by atoms with E-state index in [0.29, 0.717) is 17.2 Å². The molecule has 0 unspecified atom stereocenters. The summed E-state index contributed by atoms with van der Waals surface area (Å²) in [6.45, 7) is 1.98. The van der Waals surface area contributed by atoms with Crippen LogP contribution in [0.1, 0.15) is 13.3 Å². The van der Waals surface area contributed by atoms with Crippen molar-refractivity contribution in [3.8, 4) is 5.75 Å². The molecule has 2 N–H and O–H groups in total. The Balaban J connectivity index is 1.84. The Morgan fingerprint density at radius 2 is 2.04 bits per heavy atom. The van der Waals surface area contributed by atoms with Crippen LogP contribution in [-0.2, 0) is 19.1 Å². The lowest BCUT2D eigenvalue weighted by Crippen LogP contribution is -2.51. The SMILES string of the molecule is CCOC(=O)[C@H]1CS[C@@H](CC(=O)Nc2ccc(OC)cc2)C(=O)N1. The van der Waals surface area contributed by atoms with Crippen LogP contribution in [0.5, 0.6) is 5.75 Å². The molecule has 1 aliphatic heterocycles. The van der Waals surface area contributed by atoms with E-state index in [0.717, 1.165) is 0 Å². The Hall–Kier alpha value is -2.22. The molecule has 1 aromatic rings. The van der Waals surface area contributed by atoms with Gasteiger partial charge in [-0.1, -0.05) is 0 Å². The van der Waals surface area contributed by atoms with Gasteiger partial charge in [0, 0.05) is 17.9 Å². The molecule has 0 aliphatic carbocycles. The van der Waals surface area contributed by atoms with Gasteiger partial charge in [-0.2, -0.15) is 0 Å². The van der Waals surface area contributed by atoms with Crippen LogP contribution in [0.15, 0.2) is 24.3 Å². The fourth-order valence-corrected chi connectivity index (χ4v) is 3.30. The lowest BCUT2D eigenvalue weighted by atomic mass is 10.2. The molecule has 1 fully saturated rings. The van der Waals surface area contributed by atoms with Gasteiger partial charge in [0.1, 0.15) is 11.8 Å². The third kappa shape index (κ3) is 4.89. The first-order chi connectivity index (χ1) is 11.5. The quantitative estimate of drug-likeness (QED) is 0.747. The summed E-state index contributed by atoms with van der Waals surface area (Å²) in [5.74, 6) is 0.0571. The van der Waals surface area contributed by atoms with Gasteiger partial charge in [0.15, 0.2) is 0 Å². The van der Waals surface area contributed by atoms with Crippen molar-refractivity contribution in [2.45, 2.75) is 24.6 Å². The number of nitrogens with one attached hydrogen (secondary N) is 2. The van der Waals surface area contributed by atoms with Gasteiger partial charge in [-0.3, -0.25) is 9.59 Å². The van der Waals surface area contributed by atoms with E-state index in [4.69, 9.17) is 9.47 Å². The Kier molecular flexibility index (Phi) is 6.48. The third-order valence-electron chi connectivity index (χ3n) is 3.39. The maximum atomic E-state index is 12.1. The first-order valence-electron chi connectivity index (χ1n) is 7.56. The van der Waals surface area contributed by atoms with Crippen molar-refractivity contribution in [1.29, 1.82) is 0 Å². The summed E-state index contributed by atoms with van der Waals surface area (Å²) in [7, 11) is 1.57. The number of anilines is 1. The lowest BCUT2D eigenvalue weighted by molar-refractivity contribution is -0.146. The summed E-state index contributed by atoms with van der Waals surface area (Å²) in [6.07, 6.45) is 0.0398. The Labute approximate surface area is 144 Å². The summed E-state index contributed by atoms with van der Waals surface area (Å²) in [6, 6.07) is 6.27. The number of rotatable bonds is 6. The zero-order valence-electron chi connectivity index (χ0n) is 13.5. The number of methoxy groups -OCH3 is 1. The van der Waals surface area contributed by atoms with Gasteiger partial charge in [-0.15, -0.1) is 11.8 Å². The number of thioether (sulfide) groups is 1. The minimum atomic E-state index is -0.650. The van der Waals surface area contributed by atoms with Crippen LogP contribution >= 0.6 is 11.8 Å².